The number of fused-ring (bicyclic) bond motifs is 2. The molecule has 2 heteroatoms. The van der Waals surface area contributed by atoms with Crippen LogP contribution in [0, 0.1) is 17.3 Å². The lowest BCUT2D eigenvalue weighted by molar-refractivity contribution is -0.115. The summed E-state index contributed by atoms with van der Waals surface area (Å²) in [6, 6.07) is 0.402. The molecule has 0 aliphatic heterocycles. The number of hydrogen-bond acceptors (Lipinski definition) is 2. The summed E-state index contributed by atoms with van der Waals surface area (Å²) >= 11 is 0. The van der Waals surface area contributed by atoms with Crippen LogP contribution in [-0.4, -0.2) is 11.8 Å². The molecule has 0 aromatic rings. The Balaban J connectivity index is 1.69. The van der Waals surface area contributed by atoms with E-state index < -0.39 is 0 Å². The van der Waals surface area contributed by atoms with Crippen LogP contribution in [-0.2, 0) is 4.79 Å². The molecule has 18 heavy (non-hydrogen) atoms. The molecule has 3 fully saturated rings. The Morgan fingerprint density at radius 2 is 2.11 bits per heavy atom. The lowest BCUT2D eigenvalue weighted by Gasteiger charge is -2.60. The summed E-state index contributed by atoms with van der Waals surface area (Å²) in [5.74, 6) is 1.77. The van der Waals surface area contributed by atoms with Gasteiger partial charge in [-0.2, -0.15) is 0 Å². The number of ketones is 1. The molecule has 0 aromatic carbocycles. The maximum absolute atomic E-state index is 11.4. The second-order valence-corrected chi connectivity index (χ2v) is 6.80. The lowest BCUT2D eigenvalue weighted by Crippen LogP contribution is -2.56. The monoisotopic (exact) mass is 245 g/mol. The second-order valence-electron chi connectivity index (χ2n) is 6.80. The van der Waals surface area contributed by atoms with Crippen molar-refractivity contribution in [3.05, 3.63) is 23.9 Å². The fourth-order valence-corrected chi connectivity index (χ4v) is 4.00. The fraction of sp³-hybridized carbons (Fsp3) is 0.688. The van der Waals surface area contributed by atoms with Crippen molar-refractivity contribution in [2.24, 2.45) is 17.3 Å². The molecule has 2 nitrogen and oxygen atoms in total. The molecule has 4 aliphatic rings. The summed E-state index contributed by atoms with van der Waals surface area (Å²) in [4.78, 5) is 11.4. The Morgan fingerprint density at radius 3 is 2.72 bits per heavy atom. The Kier molecular flexibility index (Phi) is 2.65. The molecule has 0 amide bonds. The highest BCUT2D eigenvalue weighted by Crippen LogP contribution is 2.60. The quantitative estimate of drug-likeness (QED) is 0.757. The third-order valence-corrected chi connectivity index (χ3v) is 5.45. The highest BCUT2D eigenvalue weighted by Gasteiger charge is 2.54. The van der Waals surface area contributed by atoms with Crippen LogP contribution in [0.4, 0.5) is 0 Å². The van der Waals surface area contributed by atoms with Crippen LogP contribution in [0.5, 0.6) is 0 Å². The van der Waals surface area contributed by atoms with Gasteiger partial charge in [0.25, 0.3) is 0 Å². The van der Waals surface area contributed by atoms with Gasteiger partial charge in [-0.15, -0.1) is 0 Å². The molecule has 4 aliphatic carbocycles. The van der Waals surface area contributed by atoms with E-state index in [2.05, 4.69) is 25.7 Å². The highest BCUT2D eigenvalue weighted by atomic mass is 16.1. The third-order valence-electron chi connectivity index (χ3n) is 5.45. The SMILES string of the molecule is C=C1[C@H](NC2=CC(=O)CCC2)C[C@H]2C[C@@H]1C2(C)C. The number of allylic oxidation sites excluding steroid dienone is 2. The summed E-state index contributed by atoms with van der Waals surface area (Å²) in [5, 5.41) is 3.58. The van der Waals surface area contributed by atoms with E-state index in [0.717, 1.165) is 30.9 Å². The average molecular weight is 245 g/mol. The number of carbonyl (C=O) groups excluding carboxylic acids is 1. The first kappa shape index (κ1) is 12.0. The molecule has 0 heterocycles. The van der Waals surface area contributed by atoms with Gasteiger partial charge < -0.3 is 5.32 Å². The van der Waals surface area contributed by atoms with Gasteiger partial charge in [0.15, 0.2) is 5.78 Å². The van der Waals surface area contributed by atoms with Crippen LogP contribution >= 0.6 is 0 Å². The Hall–Kier alpha value is -1.05. The van der Waals surface area contributed by atoms with Gasteiger partial charge in [0.2, 0.25) is 0 Å². The Bertz CT molecular complexity index is 432. The summed E-state index contributed by atoms with van der Waals surface area (Å²) in [7, 11) is 0. The lowest BCUT2D eigenvalue weighted by atomic mass is 9.46. The van der Waals surface area contributed by atoms with Gasteiger partial charge in [-0.3, -0.25) is 4.79 Å². The molecule has 0 unspecified atom stereocenters. The van der Waals surface area contributed by atoms with Crippen molar-refractivity contribution in [1.29, 1.82) is 0 Å². The van der Waals surface area contributed by atoms with Crippen molar-refractivity contribution in [1.82, 2.24) is 5.32 Å². The van der Waals surface area contributed by atoms with Gasteiger partial charge in [0.05, 0.1) is 0 Å². The molecule has 0 aromatic heterocycles. The minimum absolute atomic E-state index is 0.274. The van der Waals surface area contributed by atoms with Crippen molar-refractivity contribution in [3.63, 3.8) is 0 Å². The van der Waals surface area contributed by atoms with Gasteiger partial charge in [-0.1, -0.05) is 26.0 Å². The largest absolute Gasteiger partial charge is 0.382 e. The summed E-state index contributed by atoms with van der Waals surface area (Å²) in [6.45, 7) is 9.06. The van der Waals surface area contributed by atoms with Crippen LogP contribution in [0.1, 0.15) is 46.0 Å². The van der Waals surface area contributed by atoms with Gasteiger partial charge in [-0.25, -0.2) is 0 Å². The van der Waals surface area contributed by atoms with E-state index in [4.69, 9.17) is 0 Å². The van der Waals surface area contributed by atoms with Crippen molar-refractivity contribution < 1.29 is 4.79 Å². The molecule has 0 spiro atoms. The molecule has 2 bridgehead atoms. The third kappa shape index (κ3) is 1.73. The average Bonchev–Trinajstić information content (AvgIpc) is 2.31. The van der Waals surface area contributed by atoms with Crippen LogP contribution in [0.2, 0.25) is 0 Å². The van der Waals surface area contributed by atoms with E-state index in [1.807, 2.05) is 6.08 Å². The smallest absolute Gasteiger partial charge is 0.157 e. The van der Waals surface area contributed by atoms with Gasteiger partial charge in [-0.05, 0) is 42.9 Å². The first-order valence-electron chi connectivity index (χ1n) is 7.17. The summed E-state index contributed by atoms with van der Waals surface area (Å²) in [6.07, 6.45) is 7.05. The zero-order valence-electron chi connectivity index (χ0n) is 11.5. The first-order chi connectivity index (χ1) is 8.48. The molecule has 4 rings (SSSR count). The molecule has 1 N–H and O–H groups in total. The van der Waals surface area contributed by atoms with Crippen molar-refractivity contribution in [2.45, 2.75) is 52.0 Å². The number of nitrogens with one attached hydrogen (secondary N) is 1. The standard InChI is InChI=1S/C16H23NO/c1-10-14-7-11(16(14,2)3)8-15(10)17-12-5-4-6-13(18)9-12/h9,11,14-15,17H,1,4-8H2,2-3H3/t11-,14+,15-/m1/s1. The van der Waals surface area contributed by atoms with E-state index >= 15 is 0 Å². The molecular formula is C16H23NO. The maximum Gasteiger partial charge on any atom is 0.157 e. The van der Waals surface area contributed by atoms with Gasteiger partial charge in [0.1, 0.15) is 0 Å². The van der Waals surface area contributed by atoms with Crippen LogP contribution in [0.25, 0.3) is 0 Å². The highest BCUT2D eigenvalue weighted by molar-refractivity contribution is 5.91. The van der Waals surface area contributed by atoms with Crippen LogP contribution in [0.15, 0.2) is 23.9 Å². The van der Waals surface area contributed by atoms with Crippen LogP contribution < -0.4 is 5.32 Å². The maximum atomic E-state index is 11.4. The zero-order chi connectivity index (χ0) is 12.9. The van der Waals surface area contributed by atoms with Crippen LogP contribution in [0.3, 0.4) is 0 Å². The predicted molar refractivity (Wildman–Crippen MR) is 73.0 cm³/mol. The molecule has 98 valence electrons. The van der Waals surface area contributed by atoms with E-state index in [1.165, 1.54) is 18.4 Å². The van der Waals surface area contributed by atoms with E-state index in [1.54, 1.807) is 0 Å². The summed E-state index contributed by atoms with van der Waals surface area (Å²) < 4.78 is 0. The Labute approximate surface area is 110 Å². The molecular weight excluding hydrogens is 222 g/mol. The van der Waals surface area contributed by atoms with E-state index in [9.17, 15) is 4.79 Å². The summed E-state index contributed by atoms with van der Waals surface area (Å²) in [5.41, 5.74) is 2.95. The van der Waals surface area contributed by atoms with Crippen molar-refractivity contribution in [2.75, 3.05) is 0 Å². The van der Waals surface area contributed by atoms with Crippen molar-refractivity contribution in [3.8, 4) is 0 Å². The second kappa shape index (κ2) is 3.97. The fourth-order valence-electron chi connectivity index (χ4n) is 4.00. The molecule has 3 atom stereocenters. The molecule has 0 saturated heterocycles. The molecule has 3 saturated carbocycles. The van der Waals surface area contributed by atoms with Gasteiger partial charge >= 0.3 is 0 Å². The van der Waals surface area contributed by atoms with E-state index in [0.29, 0.717) is 17.4 Å². The zero-order valence-corrected chi connectivity index (χ0v) is 11.5. The predicted octanol–water partition coefficient (Wildman–Crippen LogP) is 3.20. The normalized spacial score (nSPS) is 37.9. The number of rotatable bonds is 2. The number of carbonyl (C=O) groups is 1. The molecule has 0 radical (unpaired) electrons. The first-order valence-corrected chi connectivity index (χ1v) is 7.17. The van der Waals surface area contributed by atoms with E-state index in [-0.39, 0.29) is 5.78 Å². The minimum atomic E-state index is 0.274. The number of hydrogen-bond donors (Lipinski definition) is 1. The van der Waals surface area contributed by atoms with Gasteiger partial charge in [0, 0.05) is 24.2 Å². The Morgan fingerprint density at radius 1 is 1.33 bits per heavy atom. The van der Waals surface area contributed by atoms with Crippen molar-refractivity contribution >= 4 is 5.78 Å². The minimum Gasteiger partial charge on any atom is -0.382 e. The topological polar surface area (TPSA) is 29.1 Å².